The van der Waals surface area contributed by atoms with Gasteiger partial charge in [-0.2, -0.15) is 5.26 Å². The molecule has 0 radical (unpaired) electrons. The van der Waals surface area contributed by atoms with Gasteiger partial charge in [0, 0.05) is 26.2 Å². The van der Waals surface area contributed by atoms with Crippen LogP contribution < -0.4 is 0 Å². The summed E-state index contributed by atoms with van der Waals surface area (Å²) < 4.78 is 0. The average Bonchev–Trinajstić information content (AvgIpc) is 2.86. The van der Waals surface area contributed by atoms with E-state index in [1.165, 1.54) is 0 Å². The van der Waals surface area contributed by atoms with Gasteiger partial charge in [0.2, 0.25) is 5.91 Å². The molecule has 2 fully saturated rings. The van der Waals surface area contributed by atoms with Crippen LogP contribution in [-0.4, -0.2) is 48.4 Å². The van der Waals surface area contributed by atoms with Gasteiger partial charge in [0.25, 0.3) is 0 Å². The topological polar surface area (TPSA) is 47.3 Å². The molecule has 0 aromatic carbocycles. The standard InChI is InChI=1S/C13H21N3O/c1-13(11-14)4-8-15(9-5-13)10-12(17)16-6-2-3-7-16/h2-10H2,1H3. The molecule has 4 heteroatoms. The number of nitrogens with zero attached hydrogens (tertiary/aromatic N) is 3. The molecule has 0 spiro atoms. The van der Waals surface area contributed by atoms with Gasteiger partial charge in [-0.3, -0.25) is 9.69 Å². The van der Waals surface area contributed by atoms with Crippen LogP contribution in [0.2, 0.25) is 0 Å². The van der Waals surface area contributed by atoms with Crippen LogP contribution in [0.1, 0.15) is 32.6 Å². The van der Waals surface area contributed by atoms with E-state index in [1.54, 1.807) is 0 Å². The number of amides is 1. The highest BCUT2D eigenvalue weighted by Gasteiger charge is 2.31. The van der Waals surface area contributed by atoms with Crippen LogP contribution in [-0.2, 0) is 4.79 Å². The summed E-state index contributed by atoms with van der Waals surface area (Å²) >= 11 is 0. The van der Waals surface area contributed by atoms with Crippen LogP contribution >= 0.6 is 0 Å². The Balaban J connectivity index is 1.78. The number of likely N-dealkylation sites (tertiary alicyclic amines) is 2. The van der Waals surface area contributed by atoms with Gasteiger partial charge in [0.05, 0.1) is 18.0 Å². The molecule has 0 atom stereocenters. The Hall–Kier alpha value is -1.08. The lowest BCUT2D eigenvalue weighted by Crippen LogP contribution is -2.44. The van der Waals surface area contributed by atoms with E-state index in [0.717, 1.165) is 51.9 Å². The zero-order valence-corrected chi connectivity index (χ0v) is 10.6. The summed E-state index contributed by atoms with van der Waals surface area (Å²) in [6, 6.07) is 2.39. The first kappa shape index (κ1) is 12.4. The first-order chi connectivity index (χ1) is 8.13. The second-order valence-corrected chi connectivity index (χ2v) is 5.54. The van der Waals surface area contributed by atoms with Crippen molar-refractivity contribution in [2.24, 2.45) is 5.41 Å². The summed E-state index contributed by atoms with van der Waals surface area (Å²) in [4.78, 5) is 16.1. The molecule has 2 rings (SSSR count). The number of hydrogen-bond donors (Lipinski definition) is 0. The van der Waals surface area contributed by atoms with Gasteiger partial charge < -0.3 is 4.90 Å². The van der Waals surface area contributed by atoms with Gasteiger partial charge in [-0.15, -0.1) is 0 Å². The van der Waals surface area contributed by atoms with E-state index in [9.17, 15) is 4.79 Å². The van der Waals surface area contributed by atoms with Crippen LogP contribution in [0, 0.1) is 16.7 Å². The van der Waals surface area contributed by atoms with Crippen molar-refractivity contribution in [2.45, 2.75) is 32.6 Å². The molecule has 0 aromatic rings. The van der Waals surface area contributed by atoms with Crippen LogP contribution in [0.25, 0.3) is 0 Å². The molecule has 0 unspecified atom stereocenters. The highest BCUT2D eigenvalue weighted by molar-refractivity contribution is 5.78. The number of hydrogen-bond acceptors (Lipinski definition) is 3. The van der Waals surface area contributed by atoms with E-state index in [2.05, 4.69) is 11.0 Å². The molecular weight excluding hydrogens is 214 g/mol. The molecular formula is C13H21N3O. The highest BCUT2D eigenvalue weighted by Crippen LogP contribution is 2.29. The molecule has 2 heterocycles. The Morgan fingerprint density at radius 2 is 1.82 bits per heavy atom. The first-order valence-corrected chi connectivity index (χ1v) is 6.54. The molecule has 4 nitrogen and oxygen atoms in total. The Morgan fingerprint density at radius 1 is 1.24 bits per heavy atom. The predicted octanol–water partition coefficient (Wildman–Crippen LogP) is 1.23. The van der Waals surface area contributed by atoms with Crippen LogP contribution in [0.3, 0.4) is 0 Å². The van der Waals surface area contributed by atoms with Crippen molar-refractivity contribution in [3.05, 3.63) is 0 Å². The van der Waals surface area contributed by atoms with Crippen LogP contribution in [0.15, 0.2) is 0 Å². The van der Waals surface area contributed by atoms with Crippen molar-refractivity contribution in [2.75, 3.05) is 32.7 Å². The van der Waals surface area contributed by atoms with E-state index in [0.29, 0.717) is 6.54 Å². The third-order valence-electron chi connectivity index (χ3n) is 4.05. The van der Waals surface area contributed by atoms with Crippen LogP contribution in [0.4, 0.5) is 0 Å². The summed E-state index contributed by atoms with van der Waals surface area (Å²) in [6.07, 6.45) is 4.07. The van der Waals surface area contributed by atoms with Crippen molar-refractivity contribution in [3.8, 4) is 6.07 Å². The number of carbonyl (C=O) groups excluding carboxylic acids is 1. The zero-order chi connectivity index (χ0) is 12.3. The fraction of sp³-hybridized carbons (Fsp3) is 0.846. The zero-order valence-electron chi connectivity index (χ0n) is 10.6. The Morgan fingerprint density at radius 3 is 2.35 bits per heavy atom. The molecule has 2 aliphatic rings. The SMILES string of the molecule is CC1(C#N)CCN(CC(=O)N2CCCC2)CC1. The summed E-state index contributed by atoms with van der Waals surface area (Å²) in [5.74, 6) is 0.267. The fourth-order valence-electron chi connectivity index (χ4n) is 2.57. The summed E-state index contributed by atoms with van der Waals surface area (Å²) in [6.45, 7) is 6.19. The molecule has 1 amide bonds. The van der Waals surface area contributed by atoms with Crippen molar-refractivity contribution in [3.63, 3.8) is 0 Å². The summed E-state index contributed by atoms with van der Waals surface area (Å²) in [5, 5.41) is 9.05. The maximum Gasteiger partial charge on any atom is 0.236 e. The number of nitriles is 1. The summed E-state index contributed by atoms with van der Waals surface area (Å²) in [5.41, 5.74) is -0.173. The van der Waals surface area contributed by atoms with Gasteiger partial charge in [-0.05, 0) is 32.6 Å². The van der Waals surface area contributed by atoms with Crippen molar-refractivity contribution >= 4 is 5.91 Å². The number of carbonyl (C=O) groups is 1. The van der Waals surface area contributed by atoms with Crippen molar-refractivity contribution < 1.29 is 4.79 Å². The molecule has 94 valence electrons. The maximum atomic E-state index is 12.0. The van der Waals surface area contributed by atoms with Crippen molar-refractivity contribution in [1.82, 2.24) is 9.80 Å². The fourth-order valence-corrected chi connectivity index (χ4v) is 2.57. The number of rotatable bonds is 2. The quantitative estimate of drug-likeness (QED) is 0.723. The molecule has 0 N–H and O–H groups in total. The van der Waals surface area contributed by atoms with Gasteiger partial charge in [0.15, 0.2) is 0 Å². The van der Waals surface area contributed by atoms with E-state index in [-0.39, 0.29) is 11.3 Å². The minimum Gasteiger partial charge on any atom is -0.342 e. The third-order valence-corrected chi connectivity index (χ3v) is 4.05. The van der Waals surface area contributed by atoms with Gasteiger partial charge in [-0.1, -0.05) is 0 Å². The van der Waals surface area contributed by atoms with Crippen molar-refractivity contribution in [1.29, 1.82) is 5.26 Å². The minimum atomic E-state index is -0.173. The Bertz CT molecular complexity index is 320. The van der Waals surface area contributed by atoms with E-state index in [4.69, 9.17) is 5.26 Å². The molecule has 2 saturated heterocycles. The lowest BCUT2D eigenvalue weighted by molar-refractivity contribution is -0.131. The molecule has 17 heavy (non-hydrogen) atoms. The smallest absolute Gasteiger partial charge is 0.236 e. The Kier molecular flexibility index (Phi) is 3.68. The minimum absolute atomic E-state index is 0.173. The van der Waals surface area contributed by atoms with Gasteiger partial charge >= 0.3 is 0 Å². The maximum absolute atomic E-state index is 12.0. The largest absolute Gasteiger partial charge is 0.342 e. The van der Waals surface area contributed by atoms with Gasteiger partial charge in [0.1, 0.15) is 0 Å². The predicted molar refractivity (Wildman–Crippen MR) is 65.2 cm³/mol. The molecule has 0 saturated carbocycles. The van der Waals surface area contributed by atoms with E-state index < -0.39 is 0 Å². The molecule has 0 aromatic heterocycles. The normalized spacial score (nSPS) is 24.6. The lowest BCUT2D eigenvalue weighted by atomic mass is 9.82. The summed E-state index contributed by atoms with van der Waals surface area (Å²) in [7, 11) is 0. The monoisotopic (exact) mass is 235 g/mol. The Labute approximate surface area is 103 Å². The lowest BCUT2D eigenvalue weighted by Gasteiger charge is -2.35. The third kappa shape index (κ3) is 2.98. The first-order valence-electron chi connectivity index (χ1n) is 6.54. The van der Waals surface area contributed by atoms with E-state index >= 15 is 0 Å². The van der Waals surface area contributed by atoms with Crippen LogP contribution in [0.5, 0.6) is 0 Å². The molecule has 0 bridgehead atoms. The molecule has 0 aliphatic carbocycles. The number of piperidine rings is 1. The second-order valence-electron chi connectivity index (χ2n) is 5.54. The average molecular weight is 235 g/mol. The van der Waals surface area contributed by atoms with E-state index in [1.807, 2.05) is 11.8 Å². The second kappa shape index (κ2) is 5.05. The van der Waals surface area contributed by atoms with Gasteiger partial charge in [-0.25, -0.2) is 0 Å². The molecule has 2 aliphatic heterocycles. The highest BCUT2D eigenvalue weighted by atomic mass is 16.2.